The Kier molecular flexibility index (Phi) is 6.02. The number of rotatable bonds is 6. The normalized spacial score (nSPS) is 13.8. The van der Waals surface area contributed by atoms with E-state index in [4.69, 9.17) is 9.47 Å². The molecule has 28 heavy (non-hydrogen) atoms. The summed E-state index contributed by atoms with van der Waals surface area (Å²) >= 11 is 1.53. The van der Waals surface area contributed by atoms with Gasteiger partial charge in [-0.3, -0.25) is 0 Å². The lowest BCUT2D eigenvalue weighted by Gasteiger charge is -2.28. The molecule has 1 heterocycles. The van der Waals surface area contributed by atoms with E-state index in [9.17, 15) is 10.5 Å². The molecule has 2 atom stereocenters. The summed E-state index contributed by atoms with van der Waals surface area (Å²) in [5.41, 5.74) is 2.08. The zero-order valence-corrected chi connectivity index (χ0v) is 17.3. The number of hydrogen-bond donors (Lipinski definition) is 1. The van der Waals surface area contributed by atoms with Gasteiger partial charge in [0.1, 0.15) is 29.0 Å². The summed E-state index contributed by atoms with van der Waals surface area (Å²) in [5.74, 6) is 0.869. The van der Waals surface area contributed by atoms with Crippen LogP contribution in [0.1, 0.15) is 51.7 Å². The van der Waals surface area contributed by atoms with Crippen LogP contribution in [-0.4, -0.2) is 12.2 Å². The van der Waals surface area contributed by atoms with Gasteiger partial charge in [0.2, 0.25) is 0 Å². The van der Waals surface area contributed by atoms with Crippen LogP contribution in [0.5, 0.6) is 11.5 Å². The molecule has 3 rings (SSSR count). The van der Waals surface area contributed by atoms with Crippen LogP contribution in [0, 0.1) is 22.7 Å². The first-order valence-electron chi connectivity index (χ1n) is 9.45. The van der Waals surface area contributed by atoms with Crippen LogP contribution in [0.2, 0.25) is 0 Å². The molecule has 0 spiro atoms. The van der Waals surface area contributed by atoms with Crippen LogP contribution >= 0.6 is 11.8 Å². The van der Waals surface area contributed by atoms with Gasteiger partial charge in [-0.15, -0.1) is 0 Å². The van der Waals surface area contributed by atoms with E-state index >= 15 is 0 Å². The highest BCUT2D eigenvalue weighted by Crippen LogP contribution is 2.55. The largest absolute Gasteiger partial charge is 0.488 e. The first-order valence-corrected chi connectivity index (χ1v) is 10.3. The summed E-state index contributed by atoms with van der Waals surface area (Å²) in [6.07, 6.45) is 1.41. The molecule has 0 radical (unpaired) electrons. The third-order valence-electron chi connectivity index (χ3n) is 4.73. The first kappa shape index (κ1) is 19.9. The maximum absolute atomic E-state index is 9.86. The minimum atomic E-state index is -0.0898. The molecule has 1 aliphatic heterocycles. The maximum atomic E-state index is 9.86. The molecule has 0 aliphatic carbocycles. The number of nitriles is 2. The number of anilines is 2. The number of nitrogens with one attached hydrogen (secondary N) is 1. The average Bonchev–Trinajstić information content (AvgIpc) is 2.73. The molecule has 0 bridgehead atoms. The second-order valence-electron chi connectivity index (χ2n) is 6.73. The van der Waals surface area contributed by atoms with E-state index in [0.717, 1.165) is 28.3 Å². The minimum Gasteiger partial charge on any atom is -0.488 e. The number of nitrogens with zero attached hydrogens (tertiary/aromatic N) is 2. The third kappa shape index (κ3) is 3.61. The Morgan fingerprint density at radius 2 is 1.54 bits per heavy atom. The molecule has 0 saturated carbocycles. The van der Waals surface area contributed by atoms with Crippen molar-refractivity contribution in [1.29, 1.82) is 10.5 Å². The monoisotopic (exact) mass is 393 g/mol. The summed E-state index contributed by atoms with van der Waals surface area (Å²) in [6.45, 7) is 7.95. The fraction of sp³-hybridized carbons (Fsp3) is 0.364. The molecule has 0 amide bonds. The Hall–Kier alpha value is -2.83. The van der Waals surface area contributed by atoms with Crippen molar-refractivity contribution in [2.75, 3.05) is 5.32 Å². The van der Waals surface area contributed by atoms with Crippen molar-refractivity contribution in [2.45, 2.75) is 62.5 Å². The van der Waals surface area contributed by atoms with Crippen LogP contribution in [-0.2, 0) is 0 Å². The molecule has 1 aliphatic rings. The zero-order valence-electron chi connectivity index (χ0n) is 16.5. The van der Waals surface area contributed by atoms with Crippen molar-refractivity contribution >= 4 is 23.1 Å². The minimum absolute atomic E-state index is 0.0816. The Morgan fingerprint density at radius 3 is 2.14 bits per heavy atom. The molecule has 2 unspecified atom stereocenters. The molecule has 144 valence electrons. The Morgan fingerprint density at radius 1 is 0.964 bits per heavy atom. The maximum Gasteiger partial charge on any atom is 0.163 e. The van der Waals surface area contributed by atoms with Gasteiger partial charge in [0.05, 0.1) is 22.8 Å². The average molecular weight is 394 g/mol. The zero-order chi connectivity index (χ0) is 20.3. The Labute approximate surface area is 170 Å². The topological polar surface area (TPSA) is 78.1 Å². The molecular weight excluding hydrogens is 370 g/mol. The van der Waals surface area contributed by atoms with Crippen LogP contribution in [0.15, 0.2) is 34.1 Å². The van der Waals surface area contributed by atoms with E-state index in [-0.39, 0.29) is 23.3 Å². The van der Waals surface area contributed by atoms with Gasteiger partial charge in [0.15, 0.2) is 11.5 Å². The number of fused-ring (bicyclic) bond motifs is 2. The van der Waals surface area contributed by atoms with E-state index in [1.807, 2.05) is 52.0 Å². The van der Waals surface area contributed by atoms with Gasteiger partial charge in [-0.05, 0) is 38.8 Å². The van der Waals surface area contributed by atoms with E-state index in [2.05, 4.69) is 17.5 Å². The van der Waals surface area contributed by atoms with Crippen molar-refractivity contribution in [3.63, 3.8) is 0 Å². The predicted octanol–water partition coefficient (Wildman–Crippen LogP) is 5.99. The molecule has 1 N–H and O–H groups in total. The lowest BCUT2D eigenvalue weighted by atomic mass is 10.0. The van der Waals surface area contributed by atoms with Crippen LogP contribution in [0.25, 0.3) is 0 Å². The quantitative estimate of drug-likeness (QED) is 0.554. The lowest BCUT2D eigenvalue weighted by molar-refractivity contribution is 0.206. The van der Waals surface area contributed by atoms with E-state index in [1.54, 1.807) is 0 Å². The molecule has 5 nitrogen and oxygen atoms in total. The molecule has 2 aromatic rings. The SMILES string of the molecule is CCC(C)Oc1c(C#N)c(C#N)c(OC(C)CC)c2c1Nc1ccccc1S2. The highest BCUT2D eigenvalue weighted by molar-refractivity contribution is 7.99. The van der Waals surface area contributed by atoms with Gasteiger partial charge in [-0.2, -0.15) is 10.5 Å². The van der Waals surface area contributed by atoms with Crippen molar-refractivity contribution in [3.8, 4) is 23.6 Å². The molecule has 2 aromatic carbocycles. The van der Waals surface area contributed by atoms with Crippen molar-refractivity contribution in [2.24, 2.45) is 0 Å². The van der Waals surface area contributed by atoms with Crippen LogP contribution in [0.4, 0.5) is 11.4 Å². The summed E-state index contributed by atoms with van der Waals surface area (Å²) in [4.78, 5) is 1.82. The second kappa shape index (κ2) is 8.46. The summed E-state index contributed by atoms with van der Waals surface area (Å²) < 4.78 is 12.3. The molecule has 0 saturated heterocycles. The Balaban J connectivity index is 2.28. The van der Waals surface area contributed by atoms with Gasteiger partial charge in [-0.1, -0.05) is 37.7 Å². The van der Waals surface area contributed by atoms with Crippen LogP contribution < -0.4 is 14.8 Å². The standard InChI is InChI=1S/C22H23N3O2S/c1-5-13(3)26-20-15(11-23)16(12-24)21(27-14(4)6-2)22-19(20)25-17-9-7-8-10-18(17)28-22/h7-10,13-14,25H,5-6H2,1-4H3. The van der Waals surface area contributed by atoms with Gasteiger partial charge >= 0.3 is 0 Å². The third-order valence-corrected chi connectivity index (χ3v) is 5.90. The van der Waals surface area contributed by atoms with Crippen LogP contribution in [0.3, 0.4) is 0 Å². The number of para-hydroxylation sites is 1. The summed E-state index contributed by atoms with van der Waals surface area (Å²) in [6, 6.07) is 12.3. The predicted molar refractivity (Wildman–Crippen MR) is 110 cm³/mol. The molecular formula is C22H23N3O2S. The van der Waals surface area contributed by atoms with Crippen molar-refractivity contribution in [3.05, 3.63) is 35.4 Å². The molecule has 0 aromatic heterocycles. The molecule has 0 fully saturated rings. The second-order valence-corrected chi connectivity index (χ2v) is 7.78. The lowest BCUT2D eigenvalue weighted by Crippen LogP contribution is -2.17. The van der Waals surface area contributed by atoms with Gasteiger partial charge in [0, 0.05) is 4.90 Å². The van der Waals surface area contributed by atoms with Gasteiger partial charge in [0.25, 0.3) is 0 Å². The highest BCUT2D eigenvalue weighted by Gasteiger charge is 2.31. The highest BCUT2D eigenvalue weighted by atomic mass is 32.2. The fourth-order valence-corrected chi connectivity index (χ4v) is 3.89. The number of hydrogen-bond acceptors (Lipinski definition) is 6. The van der Waals surface area contributed by atoms with Gasteiger partial charge in [-0.25, -0.2) is 0 Å². The van der Waals surface area contributed by atoms with E-state index < -0.39 is 0 Å². The summed E-state index contributed by atoms with van der Waals surface area (Å²) in [5, 5.41) is 23.1. The molecule has 6 heteroatoms. The smallest absolute Gasteiger partial charge is 0.163 e. The number of benzene rings is 2. The summed E-state index contributed by atoms with van der Waals surface area (Å²) in [7, 11) is 0. The Bertz CT molecular complexity index is 897. The van der Waals surface area contributed by atoms with Crippen molar-refractivity contribution < 1.29 is 9.47 Å². The van der Waals surface area contributed by atoms with Crippen molar-refractivity contribution in [1.82, 2.24) is 0 Å². The van der Waals surface area contributed by atoms with Gasteiger partial charge < -0.3 is 14.8 Å². The van der Waals surface area contributed by atoms with E-state index in [0.29, 0.717) is 17.2 Å². The first-order chi connectivity index (χ1) is 13.5. The number of ether oxygens (including phenoxy) is 2. The van der Waals surface area contributed by atoms with E-state index in [1.165, 1.54) is 11.8 Å². The fourth-order valence-electron chi connectivity index (χ4n) is 2.81.